The Balaban J connectivity index is 2.06. The summed E-state index contributed by atoms with van der Waals surface area (Å²) in [6, 6.07) is 10.4. The molecule has 1 heterocycles. The van der Waals surface area contributed by atoms with Crippen molar-refractivity contribution in [3.63, 3.8) is 0 Å². The number of Topliss-reactive ketones (excluding diaryl/α,β-unsaturated/α-hetero) is 1. The molecule has 22 heavy (non-hydrogen) atoms. The zero-order valence-electron chi connectivity index (χ0n) is 12.4. The average Bonchev–Trinajstić information content (AvgIpc) is 2.87. The van der Waals surface area contributed by atoms with E-state index in [2.05, 4.69) is 18.2 Å². The van der Waals surface area contributed by atoms with Crippen LogP contribution >= 0.6 is 11.3 Å². The van der Waals surface area contributed by atoms with Gasteiger partial charge in [-0.25, -0.2) is 0 Å². The van der Waals surface area contributed by atoms with Crippen LogP contribution in [-0.4, -0.2) is 16.2 Å². The first-order valence-electron chi connectivity index (χ1n) is 7.00. The van der Waals surface area contributed by atoms with Gasteiger partial charge in [-0.1, -0.05) is 29.8 Å². The summed E-state index contributed by atoms with van der Waals surface area (Å²) in [5.74, 6) is 0.107. The van der Waals surface area contributed by atoms with Gasteiger partial charge in [0, 0.05) is 18.2 Å². The van der Waals surface area contributed by atoms with Gasteiger partial charge in [0.05, 0.1) is 10.8 Å². The summed E-state index contributed by atoms with van der Waals surface area (Å²) >= 11 is 1.20. The number of carbonyl (C=O) groups is 1. The van der Waals surface area contributed by atoms with Crippen molar-refractivity contribution in [1.82, 2.24) is 0 Å². The first kappa shape index (κ1) is 15.1. The number of hydrogen-bond acceptors (Lipinski definition) is 4. The molecule has 0 bridgehead atoms. The van der Waals surface area contributed by atoms with E-state index in [0.29, 0.717) is 27.5 Å². The summed E-state index contributed by atoms with van der Waals surface area (Å²) in [5, 5.41) is 9.32. The van der Waals surface area contributed by atoms with Crippen LogP contribution in [0.2, 0.25) is 0 Å². The van der Waals surface area contributed by atoms with Crippen LogP contribution in [0.4, 0.5) is 0 Å². The van der Waals surface area contributed by atoms with E-state index in [9.17, 15) is 14.3 Å². The molecule has 1 aliphatic rings. The van der Waals surface area contributed by atoms with Gasteiger partial charge in [-0.2, -0.15) is 5.26 Å². The van der Waals surface area contributed by atoms with Gasteiger partial charge < -0.3 is 0 Å². The maximum atomic E-state index is 12.6. The summed E-state index contributed by atoms with van der Waals surface area (Å²) in [5.41, 5.74) is 3.65. The SMILES string of the molecule is Cc1ccc(C2CC(=O)c3c(S(C)=O)sc(C#N)c3C2)cc1. The topological polar surface area (TPSA) is 57.9 Å². The number of fused-ring (bicyclic) bond motifs is 1. The molecule has 0 amide bonds. The standard InChI is InChI=1S/C17H15NO2S2/c1-10-3-5-11(6-4-10)12-7-13-15(9-18)21-17(22(2)20)16(13)14(19)8-12/h3-6,12H,7-8H2,1-2H3. The van der Waals surface area contributed by atoms with Gasteiger partial charge in [-0.3, -0.25) is 9.00 Å². The quantitative estimate of drug-likeness (QED) is 0.846. The molecular formula is C17H15NO2S2. The van der Waals surface area contributed by atoms with Gasteiger partial charge in [0.15, 0.2) is 5.78 Å². The molecule has 2 unspecified atom stereocenters. The summed E-state index contributed by atoms with van der Waals surface area (Å²) in [6.45, 7) is 2.03. The second-order valence-corrected chi connectivity index (χ2v) is 8.17. The highest BCUT2D eigenvalue weighted by atomic mass is 32.2. The molecule has 0 fully saturated rings. The van der Waals surface area contributed by atoms with Gasteiger partial charge in [0.25, 0.3) is 0 Å². The van der Waals surface area contributed by atoms with Crippen molar-refractivity contribution in [2.45, 2.75) is 29.9 Å². The molecule has 2 atom stereocenters. The summed E-state index contributed by atoms with van der Waals surface area (Å²) < 4.78 is 12.4. The first-order valence-corrected chi connectivity index (χ1v) is 9.37. The molecule has 0 spiro atoms. The molecule has 3 nitrogen and oxygen atoms in total. The highest BCUT2D eigenvalue weighted by Crippen LogP contribution is 2.40. The third-order valence-electron chi connectivity index (χ3n) is 4.05. The van der Waals surface area contributed by atoms with E-state index in [0.717, 1.165) is 11.1 Å². The van der Waals surface area contributed by atoms with E-state index >= 15 is 0 Å². The Kier molecular flexibility index (Phi) is 3.98. The number of thiophene rings is 1. The summed E-state index contributed by atoms with van der Waals surface area (Å²) in [7, 11) is -1.23. The fraction of sp³-hybridized carbons (Fsp3) is 0.294. The molecule has 1 aliphatic carbocycles. The Morgan fingerprint density at radius 3 is 2.55 bits per heavy atom. The Hall–Kier alpha value is -1.77. The Morgan fingerprint density at radius 1 is 1.27 bits per heavy atom. The Labute approximate surface area is 136 Å². The highest BCUT2D eigenvalue weighted by Gasteiger charge is 2.33. The van der Waals surface area contributed by atoms with Crippen LogP contribution in [0.25, 0.3) is 0 Å². The molecule has 1 aromatic heterocycles. The predicted molar refractivity (Wildman–Crippen MR) is 87.9 cm³/mol. The first-order chi connectivity index (χ1) is 10.5. The van der Waals surface area contributed by atoms with Gasteiger partial charge >= 0.3 is 0 Å². The lowest BCUT2D eigenvalue weighted by Gasteiger charge is -2.22. The number of carbonyl (C=O) groups excluding carboxylic acids is 1. The number of rotatable bonds is 2. The third-order valence-corrected chi connectivity index (χ3v) is 6.66. The number of ketones is 1. The third kappa shape index (κ3) is 2.53. The minimum Gasteiger partial charge on any atom is -0.294 e. The van der Waals surface area contributed by atoms with E-state index < -0.39 is 10.8 Å². The number of benzene rings is 1. The van der Waals surface area contributed by atoms with E-state index in [1.807, 2.05) is 19.1 Å². The minimum absolute atomic E-state index is 0.00905. The zero-order chi connectivity index (χ0) is 15.9. The average molecular weight is 329 g/mol. The van der Waals surface area contributed by atoms with Crippen LogP contribution in [0.5, 0.6) is 0 Å². The largest absolute Gasteiger partial charge is 0.294 e. The van der Waals surface area contributed by atoms with Gasteiger partial charge in [0.2, 0.25) is 0 Å². The number of aryl methyl sites for hydroxylation is 1. The molecule has 5 heteroatoms. The second-order valence-electron chi connectivity index (χ2n) is 5.58. The fourth-order valence-electron chi connectivity index (χ4n) is 2.93. The maximum Gasteiger partial charge on any atom is 0.165 e. The summed E-state index contributed by atoms with van der Waals surface area (Å²) in [4.78, 5) is 13.1. The molecule has 3 rings (SSSR count). The Bertz CT molecular complexity index is 812. The van der Waals surface area contributed by atoms with E-state index in [-0.39, 0.29) is 11.7 Å². The number of nitrogens with zero attached hydrogens (tertiary/aromatic N) is 1. The molecule has 0 saturated carbocycles. The smallest absolute Gasteiger partial charge is 0.165 e. The zero-order valence-corrected chi connectivity index (χ0v) is 14.0. The summed E-state index contributed by atoms with van der Waals surface area (Å²) in [6.07, 6.45) is 2.65. The van der Waals surface area contributed by atoms with Crippen LogP contribution in [0.3, 0.4) is 0 Å². The molecule has 0 N–H and O–H groups in total. The fourth-order valence-corrected chi connectivity index (χ4v) is 5.05. The molecule has 0 radical (unpaired) electrons. The van der Waals surface area contributed by atoms with E-state index in [1.165, 1.54) is 16.9 Å². The van der Waals surface area contributed by atoms with Gasteiger partial charge in [0.1, 0.15) is 15.2 Å². The van der Waals surface area contributed by atoms with Crippen LogP contribution in [0, 0.1) is 18.3 Å². The number of hydrogen-bond donors (Lipinski definition) is 0. The molecule has 112 valence electrons. The molecule has 2 aromatic rings. The van der Waals surface area contributed by atoms with E-state index in [4.69, 9.17) is 0 Å². The van der Waals surface area contributed by atoms with Crippen LogP contribution in [0.15, 0.2) is 28.5 Å². The van der Waals surface area contributed by atoms with Crippen LogP contribution in [0.1, 0.15) is 44.3 Å². The molecule has 0 saturated heterocycles. The van der Waals surface area contributed by atoms with Crippen LogP contribution in [-0.2, 0) is 17.2 Å². The Morgan fingerprint density at radius 2 is 1.95 bits per heavy atom. The predicted octanol–water partition coefficient (Wildman–Crippen LogP) is 3.58. The van der Waals surface area contributed by atoms with Crippen molar-refractivity contribution < 1.29 is 9.00 Å². The van der Waals surface area contributed by atoms with Crippen molar-refractivity contribution in [3.8, 4) is 6.07 Å². The van der Waals surface area contributed by atoms with Crippen LogP contribution < -0.4 is 0 Å². The van der Waals surface area contributed by atoms with Gasteiger partial charge in [-0.15, -0.1) is 11.3 Å². The van der Waals surface area contributed by atoms with Crippen molar-refractivity contribution in [3.05, 3.63) is 51.4 Å². The van der Waals surface area contributed by atoms with Crippen molar-refractivity contribution in [2.24, 2.45) is 0 Å². The van der Waals surface area contributed by atoms with Crippen molar-refractivity contribution in [1.29, 1.82) is 5.26 Å². The molecule has 0 aliphatic heterocycles. The van der Waals surface area contributed by atoms with E-state index in [1.54, 1.807) is 6.26 Å². The second kappa shape index (κ2) is 5.79. The maximum absolute atomic E-state index is 12.6. The minimum atomic E-state index is -1.23. The van der Waals surface area contributed by atoms with Crippen molar-refractivity contribution >= 4 is 27.9 Å². The normalized spacial score (nSPS) is 18.6. The monoisotopic (exact) mass is 329 g/mol. The lowest BCUT2D eigenvalue weighted by molar-refractivity contribution is 0.0962. The lowest BCUT2D eigenvalue weighted by Crippen LogP contribution is -2.19. The number of nitriles is 1. The molecular weight excluding hydrogens is 314 g/mol. The highest BCUT2D eigenvalue weighted by molar-refractivity contribution is 7.86. The van der Waals surface area contributed by atoms with Crippen molar-refractivity contribution in [2.75, 3.05) is 6.26 Å². The lowest BCUT2D eigenvalue weighted by atomic mass is 9.80. The molecule has 1 aromatic carbocycles. The van der Waals surface area contributed by atoms with Gasteiger partial charge in [-0.05, 0) is 30.4 Å².